The Morgan fingerprint density at radius 2 is 1.91 bits per heavy atom. The van der Waals surface area contributed by atoms with Crippen molar-refractivity contribution in [2.75, 3.05) is 66.8 Å². The number of morpholine rings is 1. The van der Waals surface area contributed by atoms with Gasteiger partial charge in [0, 0.05) is 65.8 Å². The Morgan fingerprint density at radius 3 is 2.59 bits per heavy atom. The van der Waals surface area contributed by atoms with Crippen LogP contribution in [0.4, 0.5) is 0 Å². The Hall–Kier alpha value is -1.59. The summed E-state index contributed by atoms with van der Waals surface area (Å²) in [6, 6.07) is 8.12. The van der Waals surface area contributed by atoms with Gasteiger partial charge in [0.1, 0.15) is 5.75 Å². The van der Waals surface area contributed by atoms with Gasteiger partial charge in [-0.3, -0.25) is 9.79 Å². The Labute approximate surface area is 208 Å². The number of rotatable bonds is 8. The number of benzene rings is 1. The van der Waals surface area contributed by atoms with Crippen LogP contribution in [0.25, 0.3) is 0 Å². The van der Waals surface area contributed by atoms with E-state index >= 15 is 0 Å². The number of carbonyl (C=O) groups is 1. The fourth-order valence-corrected chi connectivity index (χ4v) is 4.03. The summed E-state index contributed by atoms with van der Waals surface area (Å²) in [4.78, 5) is 21.4. The molecule has 0 unspecified atom stereocenters. The Balaban J connectivity index is 0.00000363. The molecule has 2 aliphatic rings. The van der Waals surface area contributed by atoms with Crippen LogP contribution < -0.4 is 10.1 Å². The van der Waals surface area contributed by atoms with Crippen LogP contribution in [-0.4, -0.2) is 88.4 Å². The van der Waals surface area contributed by atoms with Gasteiger partial charge in [-0.05, 0) is 30.5 Å². The lowest BCUT2D eigenvalue weighted by atomic mass is 9.95. The number of hydrogen-bond acceptors (Lipinski definition) is 5. The minimum atomic E-state index is 0. The number of amides is 1. The van der Waals surface area contributed by atoms with Crippen molar-refractivity contribution in [3.63, 3.8) is 0 Å². The van der Waals surface area contributed by atoms with Crippen molar-refractivity contribution in [2.24, 2.45) is 10.9 Å². The molecule has 2 saturated heterocycles. The standard InChI is InChI=1S/C23H36N4O4.HI/c1-24-23(25-18-19-5-3-6-21(17-19)31-14-4-13-29-2)27-9-7-20(8-10-27)22(28)26-11-15-30-16-12-26;/h3,5-6,17,20H,4,7-16,18H2,1-2H3,(H,24,25);1H. The summed E-state index contributed by atoms with van der Waals surface area (Å²) in [5.74, 6) is 2.14. The highest BCUT2D eigenvalue weighted by Gasteiger charge is 2.30. The summed E-state index contributed by atoms with van der Waals surface area (Å²) in [6.07, 6.45) is 2.60. The lowest BCUT2D eigenvalue weighted by Gasteiger charge is -2.36. The first-order valence-corrected chi connectivity index (χ1v) is 11.2. The van der Waals surface area contributed by atoms with Crippen LogP contribution in [0.15, 0.2) is 29.3 Å². The first kappa shape index (κ1) is 26.7. The zero-order chi connectivity index (χ0) is 21.9. The first-order valence-electron chi connectivity index (χ1n) is 11.2. The van der Waals surface area contributed by atoms with E-state index in [1.54, 1.807) is 7.11 Å². The van der Waals surface area contributed by atoms with E-state index in [0.717, 1.165) is 62.7 Å². The quantitative estimate of drug-likeness (QED) is 0.228. The second kappa shape index (κ2) is 14.5. The smallest absolute Gasteiger partial charge is 0.225 e. The molecule has 2 fully saturated rings. The van der Waals surface area contributed by atoms with Crippen molar-refractivity contribution in [3.8, 4) is 5.75 Å². The predicted octanol–water partition coefficient (Wildman–Crippen LogP) is 2.37. The maximum atomic E-state index is 12.7. The highest BCUT2D eigenvalue weighted by molar-refractivity contribution is 14.0. The maximum Gasteiger partial charge on any atom is 0.225 e. The van der Waals surface area contributed by atoms with Gasteiger partial charge < -0.3 is 29.3 Å². The van der Waals surface area contributed by atoms with Crippen LogP contribution in [0.3, 0.4) is 0 Å². The van der Waals surface area contributed by atoms with Crippen LogP contribution >= 0.6 is 24.0 Å². The molecule has 8 nitrogen and oxygen atoms in total. The second-order valence-corrected chi connectivity index (χ2v) is 7.94. The Morgan fingerprint density at radius 1 is 1.16 bits per heavy atom. The molecule has 0 spiro atoms. The molecule has 1 amide bonds. The van der Waals surface area contributed by atoms with E-state index in [2.05, 4.69) is 27.3 Å². The van der Waals surface area contributed by atoms with Crippen LogP contribution in [0.2, 0.25) is 0 Å². The molecule has 1 aromatic rings. The first-order chi connectivity index (χ1) is 15.2. The van der Waals surface area contributed by atoms with Gasteiger partial charge in [-0.25, -0.2) is 0 Å². The molecule has 1 aromatic carbocycles. The number of hydrogen-bond donors (Lipinski definition) is 1. The lowest BCUT2D eigenvalue weighted by molar-refractivity contribution is -0.140. The predicted molar refractivity (Wildman–Crippen MR) is 136 cm³/mol. The summed E-state index contributed by atoms with van der Waals surface area (Å²) >= 11 is 0. The number of likely N-dealkylation sites (tertiary alicyclic amines) is 1. The van der Waals surface area contributed by atoms with Gasteiger partial charge in [-0.15, -0.1) is 24.0 Å². The van der Waals surface area contributed by atoms with E-state index in [-0.39, 0.29) is 35.8 Å². The molecule has 0 saturated carbocycles. The van der Waals surface area contributed by atoms with E-state index in [1.807, 2.05) is 24.1 Å². The van der Waals surface area contributed by atoms with Crippen molar-refractivity contribution in [1.82, 2.24) is 15.1 Å². The normalized spacial score (nSPS) is 17.6. The molecule has 9 heteroatoms. The van der Waals surface area contributed by atoms with Crippen LogP contribution in [0.1, 0.15) is 24.8 Å². The maximum absolute atomic E-state index is 12.7. The number of ether oxygens (including phenoxy) is 3. The third kappa shape index (κ3) is 8.08. The van der Waals surface area contributed by atoms with E-state index in [9.17, 15) is 4.79 Å². The van der Waals surface area contributed by atoms with Crippen molar-refractivity contribution >= 4 is 35.8 Å². The summed E-state index contributed by atoms with van der Waals surface area (Å²) in [5, 5.41) is 3.45. The molecule has 0 aromatic heterocycles. The fourth-order valence-electron chi connectivity index (χ4n) is 4.03. The zero-order valence-corrected chi connectivity index (χ0v) is 21.6. The average molecular weight is 560 g/mol. The number of piperidine rings is 1. The van der Waals surface area contributed by atoms with Crippen LogP contribution in [0, 0.1) is 5.92 Å². The van der Waals surface area contributed by atoms with Crippen LogP contribution in [0.5, 0.6) is 5.75 Å². The van der Waals surface area contributed by atoms with Gasteiger partial charge in [0.2, 0.25) is 5.91 Å². The molecule has 0 bridgehead atoms. The molecule has 3 rings (SSSR count). The summed E-state index contributed by atoms with van der Waals surface area (Å²) in [5.41, 5.74) is 1.14. The van der Waals surface area contributed by atoms with Crippen LogP contribution in [-0.2, 0) is 20.8 Å². The molecule has 0 atom stereocenters. The Kier molecular flexibility index (Phi) is 12.1. The third-order valence-corrected chi connectivity index (χ3v) is 5.79. The number of nitrogens with zero attached hydrogens (tertiary/aromatic N) is 3. The number of guanidine groups is 1. The van der Waals surface area contributed by atoms with Gasteiger partial charge in [-0.2, -0.15) is 0 Å². The van der Waals surface area contributed by atoms with Gasteiger partial charge in [0.25, 0.3) is 0 Å². The number of methoxy groups -OCH3 is 1. The topological polar surface area (TPSA) is 75.6 Å². The molecule has 32 heavy (non-hydrogen) atoms. The van der Waals surface area contributed by atoms with Crippen molar-refractivity contribution in [1.29, 1.82) is 0 Å². The number of halogens is 1. The number of nitrogens with one attached hydrogen (secondary N) is 1. The minimum absolute atomic E-state index is 0. The Bertz CT molecular complexity index is 720. The van der Waals surface area contributed by atoms with E-state index in [4.69, 9.17) is 14.2 Å². The number of carbonyl (C=O) groups excluding carboxylic acids is 1. The van der Waals surface area contributed by atoms with E-state index in [1.165, 1.54) is 0 Å². The second-order valence-electron chi connectivity index (χ2n) is 7.94. The zero-order valence-electron chi connectivity index (χ0n) is 19.3. The summed E-state index contributed by atoms with van der Waals surface area (Å²) < 4.78 is 16.2. The largest absolute Gasteiger partial charge is 0.493 e. The molecular weight excluding hydrogens is 523 g/mol. The summed E-state index contributed by atoms with van der Waals surface area (Å²) in [6.45, 7) is 6.44. The summed E-state index contributed by atoms with van der Waals surface area (Å²) in [7, 11) is 3.51. The molecule has 2 aliphatic heterocycles. The minimum Gasteiger partial charge on any atom is -0.493 e. The SMILES string of the molecule is CN=C(NCc1cccc(OCCCOC)c1)N1CCC(C(=O)N2CCOCC2)CC1.I. The average Bonchev–Trinajstić information content (AvgIpc) is 2.83. The van der Waals surface area contributed by atoms with Crippen molar-refractivity contribution in [3.05, 3.63) is 29.8 Å². The van der Waals surface area contributed by atoms with E-state index in [0.29, 0.717) is 33.0 Å². The van der Waals surface area contributed by atoms with E-state index < -0.39 is 0 Å². The third-order valence-electron chi connectivity index (χ3n) is 5.79. The highest BCUT2D eigenvalue weighted by Crippen LogP contribution is 2.21. The van der Waals surface area contributed by atoms with Crippen molar-refractivity contribution < 1.29 is 19.0 Å². The monoisotopic (exact) mass is 560 g/mol. The molecule has 1 N–H and O–H groups in total. The lowest BCUT2D eigenvalue weighted by Crippen LogP contribution is -2.49. The fraction of sp³-hybridized carbons (Fsp3) is 0.652. The van der Waals surface area contributed by atoms with Gasteiger partial charge >= 0.3 is 0 Å². The number of aliphatic imine (C=N–C) groups is 1. The molecule has 0 aliphatic carbocycles. The molecule has 0 radical (unpaired) electrons. The van der Waals surface area contributed by atoms with Crippen molar-refractivity contribution in [2.45, 2.75) is 25.8 Å². The molecular formula is C23H37IN4O4. The highest BCUT2D eigenvalue weighted by atomic mass is 127. The molecule has 2 heterocycles. The molecule has 180 valence electrons. The van der Waals surface area contributed by atoms with Gasteiger partial charge in [-0.1, -0.05) is 12.1 Å². The van der Waals surface area contributed by atoms with Gasteiger partial charge in [0.15, 0.2) is 5.96 Å². The van der Waals surface area contributed by atoms with Gasteiger partial charge in [0.05, 0.1) is 19.8 Å².